The molecule has 1 fully saturated rings. The average Bonchev–Trinajstić information content (AvgIpc) is 2.96. The lowest BCUT2D eigenvalue weighted by molar-refractivity contribution is -0.147. The summed E-state index contributed by atoms with van der Waals surface area (Å²) in [5.41, 5.74) is 2.21. The second-order valence-electron chi connectivity index (χ2n) is 5.51. The lowest BCUT2D eigenvalue weighted by Crippen LogP contribution is -2.49. The largest absolute Gasteiger partial charge is 0.366 e. The van der Waals surface area contributed by atoms with E-state index in [1.54, 1.807) is 25.2 Å². The zero-order valence-corrected chi connectivity index (χ0v) is 12.4. The van der Waals surface area contributed by atoms with Crippen LogP contribution in [0, 0.1) is 0 Å². The second-order valence-corrected chi connectivity index (χ2v) is 5.51. The maximum absolute atomic E-state index is 12.0. The quantitative estimate of drug-likeness (QED) is 0.831. The van der Waals surface area contributed by atoms with Gasteiger partial charge >= 0.3 is 0 Å². The van der Waals surface area contributed by atoms with Crippen LogP contribution in [0.3, 0.4) is 0 Å². The van der Waals surface area contributed by atoms with Crippen LogP contribution in [-0.4, -0.2) is 65.2 Å². The number of carbonyl (C=O) groups is 1. The molecule has 0 N–H and O–H groups in total. The Bertz CT molecular complexity index is 637. The number of pyridine rings is 1. The minimum atomic E-state index is -0.370. The van der Waals surface area contributed by atoms with Crippen molar-refractivity contribution in [3.8, 4) is 0 Å². The second kappa shape index (κ2) is 5.83. The lowest BCUT2D eigenvalue weighted by atomic mass is 10.2. The normalized spacial score (nSPS) is 19.8. The molecule has 1 atom stereocenters. The Morgan fingerprint density at radius 2 is 2.29 bits per heavy atom. The Kier molecular flexibility index (Phi) is 3.90. The van der Waals surface area contributed by atoms with Crippen LogP contribution in [0.4, 0.5) is 0 Å². The van der Waals surface area contributed by atoms with E-state index in [2.05, 4.69) is 16.1 Å². The van der Waals surface area contributed by atoms with Gasteiger partial charge in [-0.25, -0.2) is 4.52 Å². The molecule has 112 valence electrons. The highest BCUT2D eigenvalue weighted by atomic mass is 16.5. The van der Waals surface area contributed by atoms with Crippen molar-refractivity contribution >= 4 is 11.4 Å². The molecule has 1 amide bonds. The molecule has 0 saturated carbocycles. The Morgan fingerprint density at radius 3 is 3.10 bits per heavy atom. The number of carbonyl (C=O) groups excluding carboxylic acids is 1. The fourth-order valence-corrected chi connectivity index (χ4v) is 2.64. The van der Waals surface area contributed by atoms with Crippen LogP contribution in [-0.2, 0) is 16.1 Å². The van der Waals surface area contributed by atoms with Crippen LogP contribution in [0.1, 0.15) is 5.69 Å². The third-order valence-corrected chi connectivity index (χ3v) is 3.75. The first-order valence-corrected chi connectivity index (χ1v) is 7.12. The van der Waals surface area contributed by atoms with E-state index in [0.717, 1.165) is 24.3 Å². The van der Waals surface area contributed by atoms with E-state index >= 15 is 0 Å². The number of likely N-dealkylation sites (N-methyl/N-ethyl adjacent to an activating group) is 1. The van der Waals surface area contributed by atoms with Crippen LogP contribution in [0.25, 0.3) is 5.52 Å². The molecule has 3 heterocycles. The summed E-state index contributed by atoms with van der Waals surface area (Å²) in [5, 5.41) is 4.35. The fourth-order valence-electron chi connectivity index (χ4n) is 2.64. The third-order valence-electron chi connectivity index (χ3n) is 3.75. The zero-order valence-electron chi connectivity index (χ0n) is 12.4. The van der Waals surface area contributed by atoms with Gasteiger partial charge in [-0.3, -0.25) is 9.69 Å². The van der Waals surface area contributed by atoms with Gasteiger partial charge in [0.05, 0.1) is 17.8 Å². The first kappa shape index (κ1) is 14.0. The fraction of sp³-hybridized carbons (Fsp3) is 0.467. The maximum atomic E-state index is 12.0. The van der Waals surface area contributed by atoms with Gasteiger partial charge < -0.3 is 9.64 Å². The molecule has 3 rings (SSSR count). The molecule has 0 aliphatic carbocycles. The molecule has 0 aromatic carbocycles. The van der Waals surface area contributed by atoms with Gasteiger partial charge in [0.2, 0.25) is 0 Å². The SMILES string of the molecule is CN(C)C(=O)C1CN(Cc2cccc3ccnn23)CCO1. The van der Waals surface area contributed by atoms with Crippen LogP contribution in [0.5, 0.6) is 0 Å². The molecular formula is C15H20N4O2. The molecule has 1 saturated heterocycles. The smallest absolute Gasteiger partial charge is 0.252 e. The molecule has 6 nitrogen and oxygen atoms in total. The summed E-state index contributed by atoms with van der Waals surface area (Å²) in [4.78, 5) is 15.9. The van der Waals surface area contributed by atoms with Crippen molar-refractivity contribution in [1.29, 1.82) is 0 Å². The molecule has 1 aliphatic rings. The highest BCUT2D eigenvalue weighted by molar-refractivity contribution is 5.80. The van der Waals surface area contributed by atoms with Gasteiger partial charge in [-0.1, -0.05) is 6.07 Å². The number of fused-ring (bicyclic) bond motifs is 1. The standard InChI is InChI=1S/C15H20N4O2/c1-17(2)15(20)14-11-18(8-9-21-14)10-13-5-3-4-12-6-7-16-19(12)13/h3-7,14H,8-11H2,1-2H3. The van der Waals surface area contributed by atoms with Crippen molar-refractivity contribution in [2.45, 2.75) is 12.6 Å². The van der Waals surface area contributed by atoms with Crippen LogP contribution >= 0.6 is 0 Å². The summed E-state index contributed by atoms with van der Waals surface area (Å²) >= 11 is 0. The Labute approximate surface area is 123 Å². The number of hydrogen-bond acceptors (Lipinski definition) is 4. The number of morpholine rings is 1. The lowest BCUT2D eigenvalue weighted by Gasteiger charge is -2.33. The van der Waals surface area contributed by atoms with E-state index in [4.69, 9.17) is 4.74 Å². The first-order valence-electron chi connectivity index (χ1n) is 7.12. The van der Waals surface area contributed by atoms with E-state index in [9.17, 15) is 4.79 Å². The van der Waals surface area contributed by atoms with Crippen molar-refractivity contribution in [1.82, 2.24) is 19.4 Å². The van der Waals surface area contributed by atoms with Crippen LogP contribution in [0.15, 0.2) is 30.5 Å². The highest BCUT2D eigenvalue weighted by Gasteiger charge is 2.28. The summed E-state index contributed by atoms with van der Waals surface area (Å²) in [7, 11) is 3.52. The molecule has 1 unspecified atom stereocenters. The molecule has 6 heteroatoms. The number of ether oxygens (including phenoxy) is 1. The minimum Gasteiger partial charge on any atom is -0.366 e. The van der Waals surface area contributed by atoms with Gasteiger partial charge in [0.15, 0.2) is 0 Å². The molecule has 0 radical (unpaired) electrons. The average molecular weight is 288 g/mol. The van der Waals surface area contributed by atoms with Gasteiger partial charge in [-0.15, -0.1) is 0 Å². The van der Waals surface area contributed by atoms with E-state index in [1.807, 2.05) is 22.7 Å². The molecule has 1 aliphatic heterocycles. The van der Waals surface area contributed by atoms with Crippen LogP contribution < -0.4 is 0 Å². The van der Waals surface area contributed by atoms with Gasteiger partial charge in [0, 0.05) is 39.9 Å². The molecule has 2 aromatic rings. The summed E-state index contributed by atoms with van der Waals surface area (Å²) < 4.78 is 7.53. The third kappa shape index (κ3) is 2.91. The summed E-state index contributed by atoms with van der Waals surface area (Å²) in [5.74, 6) is 0.0250. The van der Waals surface area contributed by atoms with Crippen LogP contribution in [0.2, 0.25) is 0 Å². The van der Waals surface area contributed by atoms with Gasteiger partial charge in [0.1, 0.15) is 6.10 Å². The Morgan fingerprint density at radius 1 is 1.43 bits per heavy atom. The van der Waals surface area contributed by atoms with Crippen molar-refractivity contribution in [2.75, 3.05) is 33.8 Å². The molecule has 2 aromatic heterocycles. The topological polar surface area (TPSA) is 50.1 Å². The first-order chi connectivity index (χ1) is 10.1. The number of aromatic nitrogens is 2. The number of amides is 1. The van der Waals surface area contributed by atoms with Gasteiger partial charge in [0.25, 0.3) is 5.91 Å². The van der Waals surface area contributed by atoms with E-state index in [-0.39, 0.29) is 12.0 Å². The molecule has 21 heavy (non-hydrogen) atoms. The van der Waals surface area contributed by atoms with Crippen molar-refractivity contribution in [3.63, 3.8) is 0 Å². The van der Waals surface area contributed by atoms with Gasteiger partial charge in [-0.05, 0) is 18.2 Å². The van der Waals surface area contributed by atoms with Crippen molar-refractivity contribution in [3.05, 3.63) is 36.2 Å². The number of rotatable bonds is 3. The van der Waals surface area contributed by atoms with E-state index in [0.29, 0.717) is 13.2 Å². The Balaban J connectivity index is 1.73. The van der Waals surface area contributed by atoms with Crippen molar-refractivity contribution < 1.29 is 9.53 Å². The summed E-state index contributed by atoms with van der Waals surface area (Å²) in [6.45, 7) is 2.79. The summed E-state index contributed by atoms with van der Waals surface area (Å²) in [6.07, 6.45) is 1.43. The maximum Gasteiger partial charge on any atom is 0.252 e. The number of hydrogen-bond donors (Lipinski definition) is 0. The zero-order chi connectivity index (χ0) is 14.8. The summed E-state index contributed by atoms with van der Waals surface area (Å²) in [6, 6.07) is 8.13. The predicted octanol–water partition coefficient (Wildman–Crippen LogP) is 0.623. The van der Waals surface area contributed by atoms with E-state index < -0.39 is 0 Å². The minimum absolute atomic E-state index is 0.0250. The molecular weight excluding hydrogens is 268 g/mol. The van der Waals surface area contributed by atoms with Gasteiger partial charge in [-0.2, -0.15) is 5.10 Å². The Hall–Kier alpha value is -1.92. The molecule has 0 spiro atoms. The van der Waals surface area contributed by atoms with E-state index in [1.165, 1.54) is 0 Å². The highest BCUT2D eigenvalue weighted by Crippen LogP contribution is 2.13. The number of nitrogens with zero attached hydrogens (tertiary/aromatic N) is 4. The predicted molar refractivity (Wildman–Crippen MR) is 78.9 cm³/mol. The molecule has 0 bridgehead atoms. The monoisotopic (exact) mass is 288 g/mol. The van der Waals surface area contributed by atoms with Crippen molar-refractivity contribution in [2.24, 2.45) is 0 Å².